The standard InChI is InChI=1S/C13H21N3O/c1-9-6-11(14-5)10(7-15-9)12(17)16-8-13(2,3)4/h6-7H,8H2,1-5H3,(H,14,15)(H,16,17). The van der Waals surface area contributed by atoms with E-state index in [-0.39, 0.29) is 11.3 Å². The number of carbonyl (C=O) groups excluding carboxylic acids is 1. The van der Waals surface area contributed by atoms with Gasteiger partial charge in [0.05, 0.1) is 11.3 Å². The second-order valence-corrected chi connectivity index (χ2v) is 5.36. The van der Waals surface area contributed by atoms with E-state index in [4.69, 9.17) is 0 Å². The van der Waals surface area contributed by atoms with Crippen LogP contribution in [0.25, 0.3) is 0 Å². The summed E-state index contributed by atoms with van der Waals surface area (Å²) in [4.78, 5) is 16.1. The maximum Gasteiger partial charge on any atom is 0.254 e. The Kier molecular flexibility index (Phi) is 4.10. The van der Waals surface area contributed by atoms with Gasteiger partial charge in [0, 0.05) is 25.5 Å². The Hall–Kier alpha value is -1.58. The van der Waals surface area contributed by atoms with E-state index in [1.807, 2.05) is 13.0 Å². The summed E-state index contributed by atoms with van der Waals surface area (Å²) in [6, 6.07) is 1.87. The first-order chi connectivity index (χ1) is 7.83. The molecule has 2 N–H and O–H groups in total. The van der Waals surface area contributed by atoms with Gasteiger partial charge in [-0.2, -0.15) is 0 Å². The fourth-order valence-electron chi connectivity index (χ4n) is 1.39. The summed E-state index contributed by atoms with van der Waals surface area (Å²) in [6.45, 7) is 8.79. The number of hydrogen-bond donors (Lipinski definition) is 2. The average Bonchev–Trinajstić information content (AvgIpc) is 2.24. The minimum absolute atomic E-state index is 0.0770. The highest BCUT2D eigenvalue weighted by Gasteiger charge is 2.15. The third-order valence-corrected chi connectivity index (χ3v) is 2.33. The SMILES string of the molecule is CNc1cc(C)ncc1C(=O)NCC(C)(C)C. The topological polar surface area (TPSA) is 54.0 Å². The van der Waals surface area contributed by atoms with Crippen LogP contribution in [-0.2, 0) is 0 Å². The molecule has 0 fully saturated rings. The van der Waals surface area contributed by atoms with Gasteiger partial charge in [0.2, 0.25) is 0 Å². The Balaban J connectivity index is 2.82. The Morgan fingerprint density at radius 1 is 1.41 bits per heavy atom. The first kappa shape index (κ1) is 13.5. The number of nitrogens with zero attached hydrogens (tertiary/aromatic N) is 1. The van der Waals surface area contributed by atoms with Crippen molar-refractivity contribution in [1.29, 1.82) is 0 Å². The molecule has 0 atom stereocenters. The summed E-state index contributed by atoms with van der Waals surface area (Å²) in [5, 5.41) is 5.93. The van der Waals surface area contributed by atoms with Crippen molar-refractivity contribution in [3.63, 3.8) is 0 Å². The van der Waals surface area contributed by atoms with Crippen LogP contribution in [0.4, 0.5) is 5.69 Å². The van der Waals surface area contributed by atoms with E-state index in [0.29, 0.717) is 12.1 Å². The number of carbonyl (C=O) groups is 1. The second kappa shape index (κ2) is 5.17. The van der Waals surface area contributed by atoms with Gasteiger partial charge >= 0.3 is 0 Å². The molecule has 1 amide bonds. The van der Waals surface area contributed by atoms with Gasteiger partial charge in [0.25, 0.3) is 5.91 Å². The van der Waals surface area contributed by atoms with Crippen molar-refractivity contribution >= 4 is 11.6 Å². The van der Waals surface area contributed by atoms with Crippen molar-refractivity contribution < 1.29 is 4.79 Å². The van der Waals surface area contributed by atoms with Crippen molar-refractivity contribution in [3.8, 4) is 0 Å². The van der Waals surface area contributed by atoms with Crippen LogP contribution >= 0.6 is 0 Å². The van der Waals surface area contributed by atoms with Gasteiger partial charge in [-0.15, -0.1) is 0 Å². The molecule has 0 saturated heterocycles. The highest BCUT2D eigenvalue weighted by atomic mass is 16.1. The molecule has 4 nitrogen and oxygen atoms in total. The van der Waals surface area contributed by atoms with Crippen LogP contribution < -0.4 is 10.6 Å². The Labute approximate surface area is 103 Å². The van der Waals surface area contributed by atoms with Crippen LogP contribution in [0.1, 0.15) is 36.8 Å². The Bertz CT molecular complexity index is 408. The number of anilines is 1. The van der Waals surface area contributed by atoms with Crippen LogP contribution in [0.3, 0.4) is 0 Å². The number of pyridine rings is 1. The fraction of sp³-hybridized carbons (Fsp3) is 0.538. The first-order valence-electron chi connectivity index (χ1n) is 5.76. The lowest BCUT2D eigenvalue weighted by molar-refractivity contribution is 0.0940. The van der Waals surface area contributed by atoms with Crippen LogP contribution in [0.2, 0.25) is 0 Å². The molecular formula is C13H21N3O. The lowest BCUT2D eigenvalue weighted by Gasteiger charge is -2.19. The third-order valence-electron chi connectivity index (χ3n) is 2.33. The van der Waals surface area contributed by atoms with Gasteiger partial charge in [-0.1, -0.05) is 20.8 Å². The Morgan fingerprint density at radius 2 is 2.06 bits per heavy atom. The summed E-state index contributed by atoms with van der Waals surface area (Å²) >= 11 is 0. The molecule has 0 aliphatic carbocycles. The molecule has 0 spiro atoms. The number of aromatic nitrogens is 1. The molecule has 0 aliphatic heterocycles. The van der Waals surface area contributed by atoms with Gasteiger partial charge in [0.15, 0.2) is 0 Å². The molecule has 0 saturated carbocycles. The zero-order valence-corrected chi connectivity index (χ0v) is 11.2. The van der Waals surface area contributed by atoms with Gasteiger partial charge in [0.1, 0.15) is 0 Å². The molecule has 0 unspecified atom stereocenters. The number of aryl methyl sites for hydroxylation is 1. The highest BCUT2D eigenvalue weighted by molar-refractivity contribution is 5.99. The van der Waals surface area contributed by atoms with Gasteiger partial charge in [-0.25, -0.2) is 0 Å². The van der Waals surface area contributed by atoms with E-state index >= 15 is 0 Å². The molecule has 1 aromatic heterocycles. The summed E-state index contributed by atoms with van der Waals surface area (Å²) < 4.78 is 0. The van der Waals surface area contributed by atoms with E-state index in [2.05, 4.69) is 36.4 Å². The Morgan fingerprint density at radius 3 is 2.59 bits per heavy atom. The lowest BCUT2D eigenvalue weighted by Crippen LogP contribution is -2.32. The highest BCUT2D eigenvalue weighted by Crippen LogP contribution is 2.16. The molecular weight excluding hydrogens is 214 g/mol. The zero-order valence-electron chi connectivity index (χ0n) is 11.2. The number of rotatable bonds is 3. The van der Waals surface area contributed by atoms with Crippen molar-refractivity contribution in [1.82, 2.24) is 10.3 Å². The van der Waals surface area contributed by atoms with E-state index in [9.17, 15) is 4.79 Å². The van der Waals surface area contributed by atoms with E-state index < -0.39 is 0 Å². The second-order valence-electron chi connectivity index (χ2n) is 5.36. The van der Waals surface area contributed by atoms with Crippen molar-refractivity contribution in [2.45, 2.75) is 27.7 Å². The maximum absolute atomic E-state index is 12.0. The van der Waals surface area contributed by atoms with Crippen molar-refractivity contribution in [2.24, 2.45) is 5.41 Å². The average molecular weight is 235 g/mol. The fourth-order valence-corrected chi connectivity index (χ4v) is 1.39. The summed E-state index contributed by atoms with van der Waals surface area (Å²) in [7, 11) is 1.80. The minimum Gasteiger partial charge on any atom is -0.387 e. The quantitative estimate of drug-likeness (QED) is 0.844. The molecule has 0 aromatic carbocycles. The zero-order chi connectivity index (χ0) is 13.1. The molecule has 1 aromatic rings. The van der Waals surface area contributed by atoms with Gasteiger partial charge in [-0.3, -0.25) is 9.78 Å². The molecule has 0 aliphatic rings. The predicted octanol–water partition coefficient (Wildman–Crippen LogP) is 2.21. The van der Waals surface area contributed by atoms with Crippen LogP contribution in [0.5, 0.6) is 0 Å². The van der Waals surface area contributed by atoms with Crippen molar-refractivity contribution in [2.75, 3.05) is 18.9 Å². The summed E-state index contributed by atoms with van der Waals surface area (Å²) in [5.74, 6) is -0.0863. The number of amides is 1. The molecule has 0 bridgehead atoms. The van der Waals surface area contributed by atoms with E-state index in [1.165, 1.54) is 0 Å². The normalized spacial score (nSPS) is 11.1. The van der Waals surface area contributed by atoms with Crippen LogP contribution in [0, 0.1) is 12.3 Å². The molecule has 1 heterocycles. The van der Waals surface area contributed by atoms with Gasteiger partial charge < -0.3 is 10.6 Å². The lowest BCUT2D eigenvalue weighted by atomic mass is 9.97. The molecule has 94 valence electrons. The van der Waals surface area contributed by atoms with Gasteiger partial charge in [-0.05, 0) is 18.4 Å². The molecule has 4 heteroatoms. The summed E-state index contributed by atoms with van der Waals surface area (Å²) in [5.41, 5.74) is 2.36. The summed E-state index contributed by atoms with van der Waals surface area (Å²) in [6.07, 6.45) is 1.61. The number of hydrogen-bond acceptors (Lipinski definition) is 3. The number of nitrogens with one attached hydrogen (secondary N) is 2. The van der Waals surface area contributed by atoms with Crippen LogP contribution in [0.15, 0.2) is 12.3 Å². The smallest absolute Gasteiger partial charge is 0.254 e. The molecule has 1 rings (SSSR count). The predicted molar refractivity (Wildman–Crippen MR) is 70.3 cm³/mol. The van der Waals surface area contributed by atoms with Crippen LogP contribution in [-0.4, -0.2) is 24.5 Å². The maximum atomic E-state index is 12.0. The minimum atomic E-state index is -0.0863. The van der Waals surface area contributed by atoms with E-state index in [0.717, 1.165) is 11.4 Å². The third kappa shape index (κ3) is 4.06. The molecule has 17 heavy (non-hydrogen) atoms. The first-order valence-corrected chi connectivity index (χ1v) is 5.76. The molecule has 0 radical (unpaired) electrons. The monoisotopic (exact) mass is 235 g/mol. The van der Waals surface area contributed by atoms with E-state index in [1.54, 1.807) is 13.2 Å². The largest absolute Gasteiger partial charge is 0.387 e. The van der Waals surface area contributed by atoms with Crippen molar-refractivity contribution in [3.05, 3.63) is 23.5 Å².